The lowest BCUT2D eigenvalue weighted by Gasteiger charge is -2.09. The van der Waals surface area contributed by atoms with E-state index in [4.69, 9.17) is 10.00 Å². The van der Waals surface area contributed by atoms with Crippen molar-refractivity contribution in [3.05, 3.63) is 65.2 Å². The normalized spacial score (nSPS) is 11.1. The molecule has 0 saturated carbocycles. The van der Waals surface area contributed by atoms with E-state index in [1.807, 2.05) is 42.5 Å². The van der Waals surface area contributed by atoms with Crippen molar-refractivity contribution in [3.8, 4) is 11.8 Å². The lowest BCUT2D eigenvalue weighted by Crippen LogP contribution is -2.26. The van der Waals surface area contributed by atoms with Crippen molar-refractivity contribution < 1.29 is 13.2 Å². The first-order valence-electron chi connectivity index (χ1n) is 8.32. The zero-order valence-electron chi connectivity index (χ0n) is 14.7. The standard InChI is InChI=1S/C19H23N3O3S/c1-26(23,24)22-10-4-9-21-14-17-6-3-8-19(12-17)25-15-18-7-2-5-16(11-18)13-20/h2-3,5-8,11-12,21-22H,4,9-10,14-15H2,1H3. The number of ether oxygens (including phenoxy) is 1. The van der Waals surface area contributed by atoms with Crippen molar-refractivity contribution in [3.63, 3.8) is 0 Å². The van der Waals surface area contributed by atoms with Crippen molar-refractivity contribution >= 4 is 10.0 Å². The molecular formula is C19H23N3O3S. The van der Waals surface area contributed by atoms with E-state index in [0.717, 1.165) is 29.6 Å². The summed E-state index contributed by atoms with van der Waals surface area (Å²) in [5, 5.41) is 12.2. The van der Waals surface area contributed by atoms with Crippen molar-refractivity contribution in [2.24, 2.45) is 0 Å². The molecule has 26 heavy (non-hydrogen) atoms. The van der Waals surface area contributed by atoms with Crippen molar-refractivity contribution in [1.82, 2.24) is 10.0 Å². The maximum Gasteiger partial charge on any atom is 0.208 e. The Morgan fingerprint density at radius 3 is 2.62 bits per heavy atom. The van der Waals surface area contributed by atoms with Gasteiger partial charge in [-0.25, -0.2) is 13.1 Å². The number of hydrogen-bond donors (Lipinski definition) is 2. The number of benzene rings is 2. The fourth-order valence-corrected chi connectivity index (χ4v) is 2.86. The molecule has 0 aliphatic carbocycles. The topological polar surface area (TPSA) is 91.2 Å². The molecule has 7 heteroatoms. The first-order chi connectivity index (χ1) is 12.5. The van der Waals surface area contributed by atoms with Gasteiger partial charge in [0.1, 0.15) is 12.4 Å². The second-order valence-corrected chi connectivity index (χ2v) is 7.78. The van der Waals surface area contributed by atoms with Crippen LogP contribution in [0, 0.1) is 11.3 Å². The Balaban J connectivity index is 1.76. The summed E-state index contributed by atoms with van der Waals surface area (Å²) in [6, 6.07) is 17.3. The molecule has 0 bridgehead atoms. The van der Waals surface area contributed by atoms with Gasteiger partial charge in [-0.1, -0.05) is 24.3 Å². The first kappa shape index (κ1) is 19.9. The Morgan fingerprint density at radius 1 is 1.08 bits per heavy atom. The molecule has 138 valence electrons. The number of nitriles is 1. The van der Waals surface area contributed by atoms with Gasteiger partial charge in [-0.05, 0) is 48.4 Å². The van der Waals surface area contributed by atoms with E-state index in [0.29, 0.717) is 31.8 Å². The predicted molar refractivity (Wildman–Crippen MR) is 101 cm³/mol. The fourth-order valence-electron chi connectivity index (χ4n) is 2.35. The van der Waals surface area contributed by atoms with Crippen LogP contribution in [-0.4, -0.2) is 27.8 Å². The Bertz CT molecular complexity index is 860. The minimum absolute atomic E-state index is 0.406. The minimum Gasteiger partial charge on any atom is -0.489 e. The summed E-state index contributed by atoms with van der Waals surface area (Å²) in [6.45, 7) is 2.23. The molecule has 0 aliphatic heterocycles. The number of sulfonamides is 1. The number of nitrogens with zero attached hydrogens (tertiary/aromatic N) is 1. The molecule has 0 radical (unpaired) electrons. The van der Waals surface area contributed by atoms with Gasteiger partial charge in [-0.2, -0.15) is 5.26 Å². The third-order valence-corrected chi connectivity index (χ3v) is 4.31. The van der Waals surface area contributed by atoms with E-state index >= 15 is 0 Å². The van der Waals surface area contributed by atoms with E-state index in [-0.39, 0.29) is 0 Å². The van der Waals surface area contributed by atoms with Crippen LogP contribution in [0.25, 0.3) is 0 Å². The summed E-state index contributed by atoms with van der Waals surface area (Å²) in [6.07, 6.45) is 1.88. The molecule has 6 nitrogen and oxygen atoms in total. The van der Waals surface area contributed by atoms with Gasteiger partial charge in [0.25, 0.3) is 0 Å². The van der Waals surface area contributed by atoms with E-state index in [9.17, 15) is 8.42 Å². The van der Waals surface area contributed by atoms with Crippen LogP contribution in [0.1, 0.15) is 23.1 Å². The predicted octanol–water partition coefficient (Wildman–Crippen LogP) is 2.17. The van der Waals surface area contributed by atoms with Gasteiger partial charge in [0, 0.05) is 13.1 Å². The van der Waals surface area contributed by atoms with E-state index in [2.05, 4.69) is 16.1 Å². The summed E-state index contributed by atoms with van der Waals surface area (Å²) in [5.74, 6) is 0.769. The lowest BCUT2D eigenvalue weighted by molar-refractivity contribution is 0.306. The first-order valence-corrected chi connectivity index (χ1v) is 10.2. The van der Waals surface area contributed by atoms with Gasteiger partial charge in [0.2, 0.25) is 10.0 Å². The molecule has 0 heterocycles. The third kappa shape index (κ3) is 7.66. The van der Waals surface area contributed by atoms with Crippen LogP contribution in [0.2, 0.25) is 0 Å². The highest BCUT2D eigenvalue weighted by Crippen LogP contribution is 2.15. The van der Waals surface area contributed by atoms with Gasteiger partial charge < -0.3 is 10.1 Å². The Kier molecular flexibility index (Phi) is 7.60. The maximum absolute atomic E-state index is 11.0. The van der Waals surface area contributed by atoms with Crippen molar-refractivity contribution in [2.45, 2.75) is 19.6 Å². The minimum atomic E-state index is -3.11. The summed E-state index contributed by atoms with van der Waals surface area (Å²) in [7, 11) is -3.11. The van der Waals surface area contributed by atoms with Gasteiger partial charge in [0.05, 0.1) is 17.9 Å². The van der Waals surface area contributed by atoms with Gasteiger partial charge >= 0.3 is 0 Å². The third-order valence-electron chi connectivity index (χ3n) is 3.58. The number of nitrogens with one attached hydrogen (secondary N) is 2. The number of rotatable bonds is 10. The highest BCUT2D eigenvalue weighted by atomic mass is 32.2. The van der Waals surface area contributed by atoms with Crippen LogP contribution in [-0.2, 0) is 23.2 Å². The largest absolute Gasteiger partial charge is 0.489 e. The van der Waals surface area contributed by atoms with Crippen molar-refractivity contribution in [1.29, 1.82) is 5.26 Å². The van der Waals surface area contributed by atoms with E-state index < -0.39 is 10.0 Å². The molecule has 2 rings (SSSR count). The lowest BCUT2D eigenvalue weighted by atomic mass is 10.1. The van der Waals surface area contributed by atoms with Crippen LogP contribution in [0.3, 0.4) is 0 Å². The molecular weight excluding hydrogens is 350 g/mol. The zero-order chi connectivity index (χ0) is 18.8. The SMILES string of the molecule is CS(=O)(=O)NCCCNCc1cccc(OCc2cccc(C#N)c2)c1. The molecule has 2 N–H and O–H groups in total. The Hall–Kier alpha value is -2.40. The maximum atomic E-state index is 11.0. The number of hydrogen-bond acceptors (Lipinski definition) is 5. The summed E-state index contributed by atoms with van der Waals surface area (Å²) < 4.78 is 30.2. The second-order valence-electron chi connectivity index (χ2n) is 5.95. The molecule has 0 spiro atoms. The molecule has 0 fully saturated rings. The van der Waals surface area contributed by atoms with E-state index in [1.165, 1.54) is 0 Å². The highest BCUT2D eigenvalue weighted by Gasteiger charge is 2.01. The quantitative estimate of drug-likeness (QED) is 0.623. The van der Waals surface area contributed by atoms with E-state index in [1.54, 1.807) is 6.07 Å². The van der Waals surface area contributed by atoms with Crippen molar-refractivity contribution in [2.75, 3.05) is 19.3 Å². The molecule has 0 atom stereocenters. The van der Waals surface area contributed by atoms with Crippen LogP contribution < -0.4 is 14.8 Å². The van der Waals surface area contributed by atoms with Gasteiger partial charge in [-0.3, -0.25) is 0 Å². The van der Waals surface area contributed by atoms with Crippen LogP contribution in [0.5, 0.6) is 5.75 Å². The molecule has 2 aromatic carbocycles. The fraction of sp³-hybridized carbons (Fsp3) is 0.316. The summed E-state index contributed by atoms with van der Waals surface area (Å²) >= 11 is 0. The van der Waals surface area contributed by atoms with Crippen LogP contribution >= 0.6 is 0 Å². The Labute approximate surface area is 154 Å². The molecule has 0 unspecified atom stereocenters. The summed E-state index contributed by atoms with van der Waals surface area (Å²) in [5.41, 5.74) is 2.66. The average molecular weight is 373 g/mol. The van der Waals surface area contributed by atoms with Crippen LogP contribution in [0.4, 0.5) is 0 Å². The zero-order valence-corrected chi connectivity index (χ0v) is 15.6. The van der Waals surface area contributed by atoms with Gasteiger partial charge in [-0.15, -0.1) is 0 Å². The Morgan fingerprint density at radius 2 is 1.85 bits per heavy atom. The van der Waals surface area contributed by atoms with Gasteiger partial charge in [0.15, 0.2) is 0 Å². The molecule has 0 aliphatic rings. The average Bonchev–Trinajstić information content (AvgIpc) is 2.62. The molecule has 0 aromatic heterocycles. The molecule has 2 aromatic rings. The second kappa shape index (κ2) is 9.92. The highest BCUT2D eigenvalue weighted by molar-refractivity contribution is 7.88. The molecule has 0 saturated heterocycles. The smallest absolute Gasteiger partial charge is 0.208 e. The monoisotopic (exact) mass is 373 g/mol. The van der Waals surface area contributed by atoms with Crippen LogP contribution in [0.15, 0.2) is 48.5 Å². The molecule has 0 amide bonds. The summed E-state index contributed by atoms with van der Waals surface area (Å²) in [4.78, 5) is 0.